The first-order valence-corrected chi connectivity index (χ1v) is 7.10. The first-order chi connectivity index (χ1) is 9.77. The standard InChI is InChI=1S/C19H17N/c1-13-14(2)19(15-8-4-3-5-9-15)20-17-11-7-6-10-16(17)12-18(13)20/h3-12,19H,1-2H3. The number of hydrogen-bond donors (Lipinski definition) is 0. The summed E-state index contributed by atoms with van der Waals surface area (Å²) in [4.78, 5) is 0. The summed E-state index contributed by atoms with van der Waals surface area (Å²) < 4.78 is 2.48. The maximum absolute atomic E-state index is 2.48. The van der Waals surface area contributed by atoms with Gasteiger partial charge in [-0.1, -0.05) is 48.5 Å². The van der Waals surface area contributed by atoms with Crippen LogP contribution in [0.25, 0.3) is 16.5 Å². The minimum atomic E-state index is 0.339. The van der Waals surface area contributed by atoms with E-state index in [9.17, 15) is 0 Å². The Balaban J connectivity index is 2.04. The maximum atomic E-state index is 2.48. The van der Waals surface area contributed by atoms with Crippen molar-refractivity contribution in [2.75, 3.05) is 0 Å². The molecule has 0 saturated heterocycles. The second-order valence-corrected chi connectivity index (χ2v) is 5.58. The summed E-state index contributed by atoms with van der Waals surface area (Å²) in [6.45, 7) is 4.50. The second-order valence-electron chi connectivity index (χ2n) is 5.58. The smallest absolute Gasteiger partial charge is 0.0808 e. The fourth-order valence-electron chi connectivity index (χ4n) is 3.38. The van der Waals surface area contributed by atoms with Gasteiger partial charge in [0.25, 0.3) is 0 Å². The third-order valence-electron chi connectivity index (χ3n) is 4.51. The number of aromatic nitrogens is 1. The van der Waals surface area contributed by atoms with Gasteiger partial charge in [0.1, 0.15) is 0 Å². The zero-order valence-electron chi connectivity index (χ0n) is 11.8. The van der Waals surface area contributed by atoms with Gasteiger partial charge in [0.15, 0.2) is 0 Å². The molecule has 1 unspecified atom stereocenters. The van der Waals surface area contributed by atoms with Crippen LogP contribution in [0.5, 0.6) is 0 Å². The van der Waals surface area contributed by atoms with Crippen molar-refractivity contribution in [2.45, 2.75) is 19.9 Å². The number of para-hydroxylation sites is 1. The molecule has 3 aromatic rings. The van der Waals surface area contributed by atoms with Gasteiger partial charge in [-0.15, -0.1) is 0 Å². The molecule has 0 bridgehead atoms. The highest BCUT2D eigenvalue weighted by Gasteiger charge is 2.28. The molecule has 2 aromatic carbocycles. The van der Waals surface area contributed by atoms with E-state index in [2.05, 4.69) is 79.1 Å². The van der Waals surface area contributed by atoms with Crippen molar-refractivity contribution < 1.29 is 0 Å². The Morgan fingerprint density at radius 3 is 2.35 bits per heavy atom. The highest BCUT2D eigenvalue weighted by Crippen LogP contribution is 2.43. The topological polar surface area (TPSA) is 4.93 Å². The fourth-order valence-corrected chi connectivity index (χ4v) is 3.38. The molecule has 0 saturated carbocycles. The summed E-state index contributed by atoms with van der Waals surface area (Å²) in [7, 11) is 0. The van der Waals surface area contributed by atoms with Gasteiger partial charge in [-0.05, 0) is 42.7 Å². The van der Waals surface area contributed by atoms with Crippen LogP contribution in [0.15, 0.2) is 66.2 Å². The van der Waals surface area contributed by atoms with Crippen LogP contribution in [-0.4, -0.2) is 4.57 Å². The highest BCUT2D eigenvalue weighted by molar-refractivity contribution is 5.88. The number of benzene rings is 2. The zero-order chi connectivity index (χ0) is 13.7. The molecule has 1 atom stereocenters. The third kappa shape index (κ3) is 1.44. The lowest BCUT2D eigenvalue weighted by atomic mass is 9.98. The Kier molecular flexibility index (Phi) is 2.37. The molecule has 0 fully saturated rings. The largest absolute Gasteiger partial charge is 0.329 e. The number of nitrogens with zero attached hydrogens (tertiary/aromatic N) is 1. The molecule has 4 rings (SSSR count). The SMILES string of the molecule is CC1=C(C)C(c2ccccc2)n2c1cc1ccccc12. The lowest BCUT2D eigenvalue weighted by molar-refractivity contribution is 0.712. The molecule has 0 aliphatic carbocycles. The molecule has 1 heteroatoms. The van der Waals surface area contributed by atoms with Crippen molar-refractivity contribution in [3.63, 3.8) is 0 Å². The fraction of sp³-hybridized carbons (Fsp3) is 0.158. The summed E-state index contributed by atoms with van der Waals surface area (Å²) in [5, 5.41) is 1.33. The number of fused-ring (bicyclic) bond motifs is 3. The molecule has 0 radical (unpaired) electrons. The van der Waals surface area contributed by atoms with Gasteiger partial charge in [0.05, 0.1) is 6.04 Å². The van der Waals surface area contributed by atoms with Crippen molar-refractivity contribution in [3.05, 3.63) is 77.5 Å². The van der Waals surface area contributed by atoms with Crippen molar-refractivity contribution >= 4 is 16.5 Å². The van der Waals surface area contributed by atoms with E-state index >= 15 is 0 Å². The molecule has 0 amide bonds. The molecule has 20 heavy (non-hydrogen) atoms. The van der Waals surface area contributed by atoms with E-state index in [0.717, 1.165) is 0 Å². The monoisotopic (exact) mass is 259 g/mol. The number of rotatable bonds is 1. The molecule has 1 nitrogen and oxygen atoms in total. The predicted molar refractivity (Wildman–Crippen MR) is 84.8 cm³/mol. The average molecular weight is 259 g/mol. The van der Waals surface area contributed by atoms with E-state index in [0.29, 0.717) is 6.04 Å². The summed E-state index contributed by atoms with van der Waals surface area (Å²) in [6, 6.07) is 22.1. The minimum absolute atomic E-state index is 0.339. The Bertz CT molecular complexity index is 821. The van der Waals surface area contributed by atoms with Gasteiger partial charge in [0, 0.05) is 16.6 Å². The molecule has 1 aliphatic heterocycles. The first kappa shape index (κ1) is 11.5. The van der Waals surface area contributed by atoms with Crippen molar-refractivity contribution in [2.24, 2.45) is 0 Å². The van der Waals surface area contributed by atoms with E-state index in [1.807, 2.05) is 0 Å². The summed E-state index contributed by atoms with van der Waals surface area (Å²) in [5.74, 6) is 0. The Labute approximate surface area is 119 Å². The number of allylic oxidation sites excluding steroid dienone is 2. The van der Waals surface area contributed by atoms with Crippen LogP contribution in [0.3, 0.4) is 0 Å². The Morgan fingerprint density at radius 1 is 0.850 bits per heavy atom. The van der Waals surface area contributed by atoms with E-state index in [1.54, 1.807) is 0 Å². The molecule has 98 valence electrons. The molecule has 0 spiro atoms. The van der Waals surface area contributed by atoms with Crippen molar-refractivity contribution in [1.82, 2.24) is 4.57 Å². The lowest BCUT2D eigenvalue weighted by Crippen LogP contribution is -2.08. The number of hydrogen-bond acceptors (Lipinski definition) is 0. The molecular weight excluding hydrogens is 242 g/mol. The minimum Gasteiger partial charge on any atom is -0.329 e. The maximum Gasteiger partial charge on any atom is 0.0808 e. The van der Waals surface area contributed by atoms with Crippen LogP contribution < -0.4 is 0 Å². The van der Waals surface area contributed by atoms with Gasteiger partial charge in [0.2, 0.25) is 0 Å². The highest BCUT2D eigenvalue weighted by atomic mass is 15.0. The van der Waals surface area contributed by atoms with Gasteiger partial charge in [-0.3, -0.25) is 0 Å². The molecular formula is C19H17N. The van der Waals surface area contributed by atoms with Gasteiger partial charge in [-0.25, -0.2) is 0 Å². The van der Waals surface area contributed by atoms with Gasteiger partial charge in [-0.2, -0.15) is 0 Å². The van der Waals surface area contributed by atoms with Gasteiger partial charge >= 0.3 is 0 Å². The van der Waals surface area contributed by atoms with Crippen molar-refractivity contribution in [1.29, 1.82) is 0 Å². The molecule has 1 aliphatic rings. The summed E-state index contributed by atoms with van der Waals surface area (Å²) >= 11 is 0. The van der Waals surface area contributed by atoms with Crippen molar-refractivity contribution in [3.8, 4) is 0 Å². The zero-order valence-corrected chi connectivity index (χ0v) is 11.8. The van der Waals surface area contributed by atoms with E-state index < -0.39 is 0 Å². The van der Waals surface area contributed by atoms with Gasteiger partial charge < -0.3 is 4.57 Å². The van der Waals surface area contributed by atoms with Crippen LogP contribution in [0, 0.1) is 0 Å². The summed E-state index contributed by atoms with van der Waals surface area (Å²) in [6.07, 6.45) is 0. The second kappa shape index (κ2) is 4.11. The van der Waals surface area contributed by atoms with Crippen LogP contribution in [0.4, 0.5) is 0 Å². The van der Waals surface area contributed by atoms with E-state index in [-0.39, 0.29) is 0 Å². The van der Waals surface area contributed by atoms with Crippen LogP contribution in [0.1, 0.15) is 31.1 Å². The molecule has 1 aromatic heterocycles. The van der Waals surface area contributed by atoms with E-state index in [4.69, 9.17) is 0 Å². The van der Waals surface area contributed by atoms with Crippen LogP contribution in [0.2, 0.25) is 0 Å². The Morgan fingerprint density at radius 2 is 1.55 bits per heavy atom. The molecule has 2 heterocycles. The summed E-state index contributed by atoms with van der Waals surface area (Å²) in [5.41, 5.74) is 6.92. The average Bonchev–Trinajstić information content (AvgIpc) is 2.97. The van der Waals surface area contributed by atoms with Crippen LogP contribution >= 0.6 is 0 Å². The molecule has 0 N–H and O–H groups in total. The quantitative estimate of drug-likeness (QED) is 0.577. The first-order valence-electron chi connectivity index (χ1n) is 7.10. The Hall–Kier alpha value is -2.28. The van der Waals surface area contributed by atoms with Crippen LogP contribution in [-0.2, 0) is 0 Å². The lowest BCUT2D eigenvalue weighted by Gasteiger charge is -2.18. The normalized spacial score (nSPS) is 17.8. The third-order valence-corrected chi connectivity index (χ3v) is 4.51. The predicted octanol–water partition coefficient (Wildman–Crippen LogP) is 5.04. The van der Waals surface area contributed by atoms with E-state index in [1.165, 1.54) is 33.3 Å².